The highest BCUT2D eigenvalue weighted by atomic mass is 127. The van der Waals surface area contributed by atoms with Crippen LogP contribution >= 0.6 is 35.7 Å². The zero-order valence-electron chi connectivity index (χ0n) is 12.9. The summed E-state index contributed by atoms with van der Waals surface area (Å²) in [6, 6.07) is -0.818. The molecule has 0 bridgehead atoms. The predicted molar refractivity (Wildman–Crippen MR) is 97.0 cm³/mol. The molecule has 0 aliphatic heterocycles. The number of thioether (sulfide) groups is 1. The van der Waals surface area contributed by atoms with Gasteiger partial charge in [-0.15, -0.1) is 24.0 Å². The van der Waals surface area contributed by atoms with E-state index in [1.165, 1.54) is 17.8 Å². The second-order valence-corrected chi connectivity index (χ2v) is 6.35. The van der Waals surface area contributed by atoms with E-state index in [4.69, 9.17) is 10.5 Å². The van der Waals surface area contributed by atoms with E-state index in [9.17, 15) is 9.59 Å². The topological polar surface area (TPSA) is 94.1 Å². The minimum atomic E-state index is -0.818. The van der Waals surface area contributed by atoms with Gasteiger partial charge in [0.2, 0.25) is 6.08 Å². The van der Waals surface area contributed by atoms with Gasteiger partial charge in [0, 0.05) is 6.54 Å². The smallest absolute Gasteiger partial charge is 0.332 e. The lowest BCUT2D eigenvalue weighted by Gasteiger charge is -2.21. The Morgan fingerprint density at radius 1 is 1.43 bits per heavy atom. The Labute approximate surface area is 147 Å². The first kappa shape index (κ1) is 22.7. The number of halogens is 1. The number of nitrogens with two attached hydrogens (primary N) is 1. The minimum absolute atomic E-state index is 0. The summed E-state index contributed by atoms with van der Waals surface area (Å²) in [4.78, 5) is 29.8. The van der Waals surface area contributed by atoms with Crippen LogP contribution in [0.15, 0.2) is 9.98 Å². The lowest BCUT2D eigenvalue weighted by Crippen LogP contribution is -2.31. The van der Waals surface area contributed by atoms with Crippen LogP contribution in [0.4, 0.5) is 0 Å². The summed E-state index contributed by atoms with van der Waals surface area (Å²) in [5.41, 5.74) is 5.04. The summed E-state index contributed by atoms with van der Waals surface area (Å²) in [6.07, 6.45) is 2.40. The monoisotopic (exact) mass is 429 g/mol. The van der Waals surface area contributed by atoms with Crippen LogP contribution in [-0.2, 0) is 14.3 Å². The second kappa shape index (κ2) is 12.0. The van der Waals surface area contributed by atoms with Crippen molar-refractivity contribution in [1.82, 2.24) is 0 Å². The largest absolute Gasteiger partial charge is 0.458 e. The van der Waals surface area contributed by atoms with E-state index in [1.54, 1.807) is 20.8 Å². The Balaban J connectivity index is 0. The molecule has 0 aliphatic carbocycles. The van der Waals surface area contributed by atoms with Crippen molar-refractivity contribution in [2.45, 2.75) is 52.2 Å². The molecule has 1 atom stereocenters. The third kappa shape index (κ3) is 12.8. The third-order valence-electron chi connectivity index (χ3n) is 2.08. The Morgan fingerprint density at radius 3 is 2.52 bits per heavy atom. The van der Waals surface area contributed by atoms with Crippen molar-refractivity contribution >= 4 is 53.0 Å². The molecule has 6 nitrogen and oxygen atoms in total. The van der Waals surface area contributed by atoms with Crippen LogP contribution in [0.3, 0.4) is 0 Å². The number of carbonyl (C=O) groups excluding carboxylic acids is 2. The van der Waals surface area contributed by atoms with Crippen molar-refractivity contribution < 1.29 is 14.3 Å². The van der Waals surface area contributed by atoms with E-state index in [0.717, 1.165) is 5.75 Å². The molecule has 0 aromatic rings. The maximum absolute atomic E-state index is 11.8. The Bertz CT molecular complexity index is 391. The van der Waals surface area contributed by atoms with Gasteiger partial charge in [0.1, 0.15) is 5.60 Å². The Hall–Kier alpha value is -0.600. The van der Waals surface area contributed by atoms with E-state index in [-0.39, 0.29) is 24.0 Å². The number of hydrogen-bond acceptors (Lipinski definition) is 6. The fraction of sp³-hybridized carbons (Fsp3) is 0.769. The molecule has 0 aliphatic rings. The van der Waals surface area contributed by atoms with Crippen molar-refractivity contribution in [1.29, 1.82) is 0 Å². The van der Waals surface area contributed by atoms with Gasteiger partial charge in [0.05, 0.1) is 0 Å². The van der Waals surface area contributed by atoms with E-state index in [0.29, 0.717) is 24.6 Å². The van der Waals surface area contributed by atoms with Crippen LogP contribution in [0.5, 0.6) is 0 Å². The summed E-state index contributed by atoms with van der Waals surface area (Å²) in [7, 11) is 0. The molecule has 0 fully saturated rings. The molecule has 0 radical (unpaired) electrons. The number of aliphatic imine (C=N–C) groups is 2. The van der Waals surface area contributed by atoms with E-state index >= 15 is 0 Å². The number of ether oxygens (including phenoxy) is 1. The molecular weight excluding hydrogens is 405 g/mol. The molecule has 0 saturated carbocycles. The fourth-order valence-electron chi connectivity index (χ4n) is 1.34. The van der Waals surface area contributed by atoms with Gasteiger partial charge in [-0.25, -0.2) is 9.59 Å². The summed E-state index contributed by atoms with van der Waals surface area (Å²) in [6.45, 7) is 7.77. The molecule has 0 spiro atoms. The van der Waals surface area contributed by atoms with Gasteiger partial charge < -0.3 is 10.5 Å². The number of esters is 1. The third-order valence-corrected chi connectivity index (χ3v) is 2.80. The molecule has 21 heavy (non-hydrogen) atoms. The first-order chi connectivity index (χ1) is 9.30. The van der Waals surface area contributed by atoms with Gasteiger partial charge in [-0.1, -0.05) is 18.7 Å². The zero-order valence-corrected chi connectivity index (χ0v) is 16.1. The highest BCUT2D eigenvalue weighted by Crippen LogP contribution is 2.12. The summed E-state index contributed by atoms with van der Waals surface area (Å²) < 4.78 is 5.19. The van der Waals surface area contributed by atoms with Crippen molar-refractivity contribution in [3.05, 3.63) is 0 Å². The van der Waals surface area contributed by atoms with Gasteiger partial charge in [-0.3, -0.25) is 4.99 Å². The molecule has 0 amide bonds. The van der Waals surface area contributed by atoms with Crippen LogP contribution in [0, 0.1) is 0 Å². The molecule has 2 N–H and O–H groups in total. The maximum Gasteiger partial charge on any atom is 0.332 e. The van der Waals surface area contributed by atoms with Gasteiger partial charge in [-0.05, 0) is 39.4 Å². The highest BCUT2D eigenvalue weighted by Gasteiger charge is 2.24. The van der Waals surface area contributed by atoms with Crippen LogP contribution in [0.1, 0.15) is 40.5 Å². The standard InChI is InChI=1S/C13H23N3O3S.HI/c1-5-20-12(14)15-8-6-7-10(16-9-17)11(18)19-13(2,3)4;/h10H,5-8H2,1-4H3,(H2,14,15);1H/t10-;/m0./s1. The number of rotatable bonds is 7. The quantitative estimate of drug-likeness (QED) is 0.168. The number of amidine groups is 1. The summed E-state index contributed by atoms with van der Waals surface area (Å²) >= 11 is 1.46. The molecule has 8 heteroatoms. The van der Waals surface area contributed by atoms with E-state index in [2.05, 4.69) is 9.98 Å². The average molecular weight is 429 g/mol. The van der Waals surface area contributed by atoms with Crippen molar-refractivity contribution in [3.63, 3.8) is 0 Å². The zero-order chi connectivity index (χ0) is 15.6. The maximum atomic E-state index is 11.8. The molecule has 0 aromatic heterocycles. The van der Waals surface area contributed by atoms with Crippen LogP contribution in [0.2, 0.25) is 0 Å². The molecule has 122 valence electrons. The van der Waals surface area contributed by atoms with Gasteiger partial charge in [-0.2, -0.15) is 4.99 Å². The SMILES string of the molecule is CCSC(N)=NCCC[C@H](N=C=O)C(=O)OC(C)(C)C.I. The summed E-state index contributed by atoms with van der Waals surface area (Å²) in [5, 5.41) is 0.528. The summed E-state index contributed by atoms with van der Waals surface area (Å²) in [5.74, 6) is 0.353. The van der Waals surface area contributed by atoms with Crippen molar-refractivity contribution in [2.75, 3.05) is 12.3 Å². The Morgan fingerprint density at radius 2 is 2.05 bits per heavy atom. The second-order valence-electron chi connectivity index (χ2n) is 5.06. The number of isocyanates is 1. The minimum Gasteiger partial charge on any atom is -0.458 e. The first-order valence-corrected chi connectivity index (χ1v) is 7.51. The molecule has 0 unspecified atom stereocenters. The van der Waals surface area contributed by atoms with Gasteiger partial charge in [0.25, 0.3) is 0 Å². The molecular formula is C13H24IN3O3S. The van der Waals surface area contributed by atoms with Gasteiger partial charge in [0.15, 0.2) is 11.2 Å². The predicted octanol–water partition coefficient (Wildman–Crippen LogP) is 2.50. The normalized spacial score (nSPS) is 12.9. The molecule has 0 rings (SSSR count). The number of hydrogen-bond donors (Lipinski definition) is 1. The molecule has 0 saturated heterocycles. The van der Waals surface area contributed by atoms with Crippen molar-refractivity contribution in [3.8, 4) is 0 Å². The van der Waals surface area contributed by atoms with Gasteiger partial charge >= 0.3 is 5.97 Å². The molecule has 0 heterocycles. The van der Waals surface area contributed by atoms with Crippen LogP contribution in [-0.4, -0.2) is 41.2 Å². The number of nitrogens with zero attached hydrogens (tertiary/aromatic N) is 2. The number of carbonyl (C=O) groups is 1. The highest BCUT2D eigenvalue weighted by molar-refractivity contribution is 14.0. The van der Waals surface area contributed by atoms with E-state index < -0.39 is 17.6 Å². The van der Waals surface area contributed by atoms with Crippen molar-refractivity contribution in [2.24, 2.45) is 15.7 Å². The molecule has 0 aromatic carbocycles. The lowest BCUT2D eigenvalue weighted by molar-refractivity contribution is -0.156. The Kier molecular flexibility index (Phi) is 13.0. The average Bonchev–Trinajstić information content (AvgIpc) is 2.31. The van der Waals surface area contributed by atoms with E-state index in [1.807, 2.05) is 6.92 Å². The van der Waals surface area contributed by atoms with Crippen LogP contribution in [0.25, 0.3) is 0 Å². The fourth-order valence-corrected chi connectivity index (χ4v) is 1.81. The lowest BCUT2D eigenvalue weighted by atomic mass is 10.1. The first-order valence-electron chi connectivity index (χ1n) is 6.52. The van der Waals surface area contributed by atoms with Crippen LogP contribution < -0.4 is 5.73 Å².